The summed E-state index contributed by atoms with van der Waals surface area (Å²) >= 11 is 0. The number of nitrogen functional groups attached to an aromatic ring is 1. The van der Waals surface area contributed by atoms with Crippen LogP contribution >= 0.6 is 0 Å². The van der Waals surface area contributed by atoms with Gasteiger partial charge in [-0.2, -0.15) is 0 Å². The first-order valence-corrected chi connectivity index (χ1v) is 5.55. The van der Waals surface area contributed by atoms with Gasteiger partial charge in [-0.3, -0.25) is 0 Å². The molecule has 0 fully saturated rings. The van der Waals surface area contributed by atoms with Crippen molar-refractivity contribution in [2.75, 3.05) is 5.73 Å². The fraction of sp³-hybridized carbons (Fsp3) is 0.538. The number of hydrogen-bond donors (Lipinski definition) is 1. The predicted molar refractivity (Wildman–Crippen MR) is 61.5 cm³/mol. The molecule has 0 heterocycles. The van der Waals surface area contributed by atoms with Crippen molar-refractivity contribution in [2.45, 2.75) is 44.9 Å². The molecule has 0 amide bonds. The topological polar surface area (TPSA) is 26.0 Å². The summed E-state index contributed by atoms with van der Waals surface area (Å²) < 4.78 is 13.8. The molecule has 2 heteroatoms. The first kappa shape index (κ1) is 10.5. The summed E-state index contributed by atoms with van der Waals surface area (Å²) in [6.07, 6.45) is 2.04. The molecular weight excluding hydrogens is 189 g/mol. The Bertz CT molecular complexity index is 396. The smallest absolute Gasteiger partial charge is 0.127 e. The van der Waals surface area contributed by atoms with Gasteiger partial charge >= 0.3 is 0 Å². The Morgan fingerprint density at radius 3 is 2.73 bits per heavy atom. The van der Waals surface area contributed by atoms with E-state index in [1.165, 1.54) is 6.07 Å². The fourth-order valence-electron chi connectivity index (χ4n) is 2.91. The molecule has 0 saturated heterocycles. The summed E-state index contributed by atoms with van der Waals surface area (Å²) in [5.74, 6) is 0.325. The third-order valence-corrected chi connectivity index (χ3v) is 3.56. The Labute approximate surface area is 90.5 Å². The standard InChI is InChI=1S/C13H18FN/c1-4-8-7-13(2,3)12-9(14)5-6-10(15)11(8)12/h5-6,8H,4,7,15H2,1-3H3. The molecule has 0 bridgehead atoms. The molecule has 2 rings (SSSR count). The molecule has 0 aliphatic heterocycles. The molecule has 1 aliphatic rings. The van der Waals surface area contributed by atoms with Crippen LogP contribution in [0.4, 0.5) is 10.1 Å². The second-order valence-corrected chi connectivity index (χ2v) is 5.12. The van der Waals surface area contributed by atoms with E-state index < -0.39 is 0 Å². The highest BCUT2D eigenvalue weighted by atomic mass is 19.1. The van der Waals surface area contributed by atoms with Gasteiger partial charge in [-0.05, 0) is 47.4 Å². The van der Waals surface area contributed by atoms with Crippen LogP contribution in [0.2, 0.25) is 0 Å². The molecule has 1 unspecified atom stereocenters. The highest BCUT2D eigenvalue weighted by Gasteiger charge is 2.39. The summed E-state index contributed by atoms with van der Waals surface area (Å²) in [6.45, 7) is 6.34. The maximum Gasteiger partial charge on any atom is 0.127 e. The zero-order valence-electron chi connectivity index (χ0n) is 9.60. The van der Waals surface area contributed by atoms with Crippen molar-refractivity contribution in [2.24, 2.45) is 0 Å². The number of halogens is 1. The van der Waals surface area contributed by atoms with E-state index in [4.69, 9.17) is 5.73 Å². The average molecular weight is 207 g/mol. The predicted octanol–water partition coefficient (Wildman–Crippen LogP) is 3.58. The van der Waals surface area contributed by atoms with E-state index in [0.29, 0.717) is 5.92 Å². The molecule has 1 nitrogen and oxygen atoms in total. The van der Waals surface area contributed by atoms with Crippen LogP contribution < -0.4 is 5.73 Å². The Kier molecular flexibility index (Phi) is 2.25. The molecule has 0 aromatic heterocycles. The van der Waals surface area contributed by atoms with Crippen LogP contribution in [0.25, 0.3) is 0 Å². The van der Waals surface area contributed by atoms with E-state index in [9.17, 15) is 4.39 Å². The largest absolute Gasteiger partial charge is 0.398 e. The first-order valence-electron chi connectivity index (χ1n) is 5.55. The molecule has 82 valence electrons. The van der Waals surface area contributed by atoms with E-state index >= 15 is 0 Å². The highest BCUT2D eigenvalue weighted by Crippen LogP contribution is 2.50. The van der Waals surface area contributed by atoms with Gasteiger partial charge in [0.1, 0.15) is 5.82 Å². The summed E-state index contributed by atoms with van der Waals surface area (Å²) in [7, 11) is 0. The summed E-state index contributed by atoms with van der Waals surface area (Å²) in [4.78, 5) is 0. The molecule has 1 atom stereocenters. The summed E-state index contributed by atoms with van der Waals surface area (Å²) in [6, 6.07) is 3.19. The highest BCUT2D eigenvalue weighted by molar-refractivity contribution is 5.58. The van der Waals surface area contributed by atoms with Crippen molar-refractivity contribution in [3.63, 3.8) is 0 Å². The van der Waals surface area contributed by atoms with Gasteiger partial charge in [0.15, 0.2) is 0 Å². The van der Waals surface area contributed by atoms with E-state index in [0.717, 1.165) is 29.7 Å². The van der Waals surface area contributed by atoms with Crippen LogP contribution in [-0.2, 0) is 5.41 Å². The zero-order valence-corrected chi connectivity index (χ0v) is 9.60. The van der Waals surface area contributed by atoms with E-state index in [1.807, 2.05) is 0 Å². The second kappa shape index (κ2) is 3.22. The van der Waals surface area contributed by atoms with Crippen molar-refractivity contribution in [3.05, 3.63) is 29.1 Å². The minimum atomic E-state index is -0.0971. The Balaban J connectivity index is 2.68. The van der Waals surface area contributed by atoms with Crippen molar-refractivity contribution in [3.8, 4) is 0 Å². The number of rotatable bonds is 1. The van der Waals surface area contributed by atoms with Crippen molar-refractivity contribution >= 4 is 5.69 Å². The van der Waals surface area contributed by atoms with Gasteiger partial charge in [0.25, 0.3) is 0 Å². The number of benzene rings is 1. The molecular formula is C13H18FN. The van der Waals surface area contributed by atoms with Gasteiger partial charge in [0, 0.05) is 5.69 Å². The van der Waals surface area contributed by atoms with Crippen LogP contribution in [0, 0.1) is 5.82 Å². The normalized spacial score (nSPS) is 22.8. The van der Waals surface area contributed by atoms with Crippen LogP contribution in [0.3, 0.4) is 0 Å². The number of hydrogen-bond acceptors (Lipinski definition) is 1. The summed E-state index contributed by atoms with van der Waals surface area (Å²) in [5, 5.41) is 0. The lowest BCUT2D eigenvalue weighted by atomic mass is 9.85. The van der Waals surface area contributed by atoms with Crippen molar-refractivity contribution < 1.29 is 4.39 Å². The van der Waals surface area contributed by atoms with Crippen LogP contribution in [0.5, 0.6) is 0 Å². The van der Waals surface area contributed by atoms with E-state index in [1.54, 1.807) is 6.07 Å². The molecule has 0 spiro atoms. The van der Waals surface area contributed by atoms with Gasteiger partial charge in [0.05, 0.1) is 0 Å². The van der Waals surface area contributed by atoms with E-state index in [2.05, 4.69) is 20.8 Å². The molecule has 1 aromatic rings. The maximum absolute atomic E-state index is 13.8. The monoisotopic (exact) mass is 207 g/mol. The molecule has 1 aliphatic carbocycles. The van der Waals surface area contributed by atoms with E-state index in [-0.39, 0.29) is 11.2 Å². The fourth-order valence-corrected chi connectivity index (χ4v) is 2.91. The molecule has 1 aromatic carbocycles. The zero-order chi connectivity index (χ0) is 11.2. The third kappa shape index (κ3) is 1.43. The summed E-state index contributed by atoms with van der Waals surface area (Å²) in [5.41, 5.74) is 8.54. The Hall–Kier alpha value is -1.05. The average Bonchev–Trinajstić information content (AvgIpc) is 2.45. The molecule has 15 heavy (non-hydrogen) atoms. The van der Waals surface area contributed by atoms with Gasteiger partial charge in [-0.15, -0.1) is 0 Å². The lowest BCUT2D eigenvalue weighted by Gasteiger charge is -2.19. The minimum Gasteiger partial charge on any atom is -0.398 e. The van der Waals surface area contributed by atoms with Crippen LogP contribution in [-0.4, -0.2) is 0 Å². The van der Waals surface area contributed by atoms with Crippen LogP contribution in [0.15, 0.2) is 12.1 Å². The molecule has 0 saturated carbocycles. The van der Waals surface area contributed by atoms with Crippen molar-refractivity contribution in [1.29, 1.82) is 0 Å². The van der Waals surface area contributed by atoms with Crippen LogP contribution in [0.1, 0.15) is 50.7 Å². The molecule has 2 N–H and O–H groups in total. The number of fused-ring (bicyclic) bond motifs is 1. The lowest BCUT2D eigenvalue weighted by molar-refractivity contribution is 0.452. The lowest BCUT2D eigenvalue weighted by Crippen LogP contribution is -2.14. The Morgan fingerprint density at radius 2 is 2.13 bits per heavy atom. The third-order valence-electron chi connectivity index (χ3n) is 3.56. The second-order valence-electron chi connectivity index (χ2n) is 5.12. The first-order chi connectivity index (χ1) is 6.97. The van der Waals surface area contributed by atoms with Gasteiger partial charge in [-0.1, -0.05) is 20.8 Å². The van der Waals surface area contributed by atoms with Crippen molar-refractivity contribution in [1.82, 2.24) is 0 Å². The quantitative estimate of drug-likeness (QED) is 0.700. The number of nitrogens with two attached hydrogens (primary N) is 1. The Morgan fingerprint density at radius 1 is 1.47 bits per heavy atom. The SMILES string of the molecule is CCC1CC(C)(C)c2c(F)ccc(N)c21. The minimum absolute atomic E-state index is 0.0739. The van der Waals surface area contributed by atoms with Gasteiger partial charge in [-0.25, -0.2) is 4.39 Å². The van der Waals surface area contributed by atoms with Gasteiger partial charge in [0.2, 0.25) is 0 Å². The number of anilines is 1. The maximum atomic E-state index is 13.8. The van der Waals surface area contributed by atoms with Gasteiger partial charge < -0.3 is 5.73 Å². The molecule has 0 radical (unpaired) electrons.